The molecule has 0 atom stereocenters. The van der Waals surface area contributed by atoms with Gasteiger partial charge in [0.15, 0.2) is 0 Å². The van der Waals surface area contributed by atoms with Gasteiger partial charge in [0.05, 0.1) is 11.6 Å². The molecule has 1 aliphatic rings. The molecule has 0 heterocycles. The van der Waals surface area contributed by atoms with Gasteiger partial charge in [-0.1, -0.05) is 139 Å². The average molecular weight is 529 g/mol. The quantitative estimate of drug-likeness (QED) is 0.312. The van der Waals surface area contributed by atoms with Crippen molar-refractivity contribution >= 4 is 5.57 Å². The van der Waals surface area contributed by atoms with E-state index in [2.05, 4.69) is 77.8 Å². The predicted octanol–water partition coefficient (Wildman–Crippen LogP) is 11.3. The first-order valence-corrected chi connectivity index (χ1v) is 15.0. The van der Waals surface area contributed by atoms with Crippen LogP contribution in [0.3, 0.4) is 0 Å². The topological polar surface area (TPSA) is 49.8 Å². The van der Waals surface area contributed by atoms with Crippen LogP contribution in [0.1, 0.15) is 116 Å². The van der Waals surface area contributed by atoms with Crippen molar-refractivity contribution in [3.8, 4) is 17.2 Å². The number of nitrogens with two attached hydrogens (primary N) is 1. The fourth-order valence-electron chi connectivity index (χ4n) is 4.06. The summed E-state index contributed by atoms with van der Waals surface area (Å²) in [5.74, 6) is 0.676. The Morgan fingerprint density at radius 3 is 1.77 bits per heavy atom. The first kappa shape index (κ1) is 36.1. The SMILES string of the molecule is C1CCCC1.C=C(C)CCCN.C=C(CCC)C(C)C.C=C(CCC)c1ccc(-c2ccccc2C#N)cc1. The second-order valence-electron chi connectivity index (χ2n) is 10.8. The zero-order valence-electron chi connectivity index (χ0n) is 25.8. The van der Waals surface area contributed by atoms with E-state index in [-0.39, 0.29) is 0 Å². The lowest BCUT2D eigenvalue weighted by Gasteiger charge is -2.07. The summed E-state index contributed by atoms with van der Waals surface area (Å²) in [6.07, 6.45) is 14.2. The van der Waals surface area contributed by atoms with E-state index in [0.29, 0.717) is 11.5 Å². The van der Waals surface area contributed by atoms with Gasteiger partial charge < -0.3 is 5.73 Å². The lowest BCUT2D eigenvalue weighted by atomic mass is 9.97. The minimum atomic E-state index is 0.676. The second kappa shape index (κ2) is 23.0. The van der Waals surface area contributed by atoms with Gasteiger partial charge in [-0.2, -0.15) is 5.26 Å². The minimum absolute atomic E-state index is 0.676. The van der Waals surface area contributed by atoms with Gasteiger partial charge in [0.25, 0.3) is 0 Å². The Hall–Kier alpha value is -2.89. The van der Waals surface area contributed by atoms with Crippen LogP contribution in [0.5, 0.6) is 0 Å². The van der Waals surface area contributed by atoms with Crippen LogP contribution in [0.15, 0.2) is 79.4 Å². The van der Waals surface area contributed by atoms with E-state index >= 15 is 0 Å². The zero-order valence-corrected chi connectivity index (χ0v) is 25.8. The van der Waals surface area contributed by atoms with Crippen LogP contribution in [0, 0.1) is 17.2 Å². The van der Waals surface area contributed by atoms with Crippen LogP contribution in [0.2, 0.25) is 0 Å². The van der Waals surface area contributed by atoms with Gasteiger partial charge in [0.2, 0.25) is 0 Å². The highest BCUT2D eigenvalue weighted by atomic mass is 14.5. The van der Waals surface area contributed by atoms with Crippen molar-refractivity contribution in [2.45, 2.75) is 105 Å². The molecule has 2 aromatic carbocycles. The van der Waals surface area contributed by atoms with Crippen molar-refractivity contribution in [3.05, 3.63) is 90.5 Å². The molecule has 1 aliphatic carbocycles. The lowest BCUT2D eigenvalue weighted by molar-refractivity contribution is 0.706. The van der Waals surface area contributed by atoms with Crippen molar-refractivity contribution in [1.29, 1.82) is 5.26 Å². The molecule has 0 amide bonds. The van der Waals surface area contributed by atoms with Crippen LogP contribution in [-0.4, -0.2) is 6.54 Å². The molecule has 2 nitrogen and oxygen atoms in total. The summed E-state index contributed by atoms with van der Waals surface area (Å²) in [6.45, 7) is 23.3. The maximum atomic E-state index is 9.13. The van der Waals surface area contributed by atoms with Crippen molar-refractivity contribution in [1.82, 2.24) is 0 Å². The zero-order chi connectivity index (χ0) is 29.5. The summed E-state index contributed by atoms with van der Waals surface area (Å²) in [4.78, 5) is 0. The Bertz CT molecular complexity index is 977. The first-order valence-electron chi connectivity index (χ1n) is 15.0. The third-order valence-corrected chi connectivity index (χ3v) is 6.65. The third-order valence-electron chi connectivity index (χ3n) is 6.65. The standard InChI is InChI=1S/C18H17N.C8H16.C6H13N.C5H10/c1-3-6-14(2)15-9-11-16(12-10-15)18-8-5-4-7-17(18)13-19;1-5-6-8(4)7(2)3;1-6(2)4-3-5-7;1-2-4-5-3-1/h4-5,7-12H,2-3,6H2,1H3;7H,4-6H2,1-3H3;1,3-5,7H2,2H3;1-5H2. The highest BCUT2D eigenvalue weighted by molar-refractivity contribution is 5.73. The van der Waals surface area contributed by atoms with Gasteiger partial charge in [-0.25, -0.2) is 0 Å². The Labute approximate surface area is 241 Å². The van der Waals surface area contributed by atoms with E-state index in [1.807, 2.05) is 31.2 Å². The van der Waals surface area contributed by atoms with Gasteiger partial charge in [0, 0.05) is 0 Å². The molecule has 2 N–H and O–H groups in total. The van der Waals surface area contributed by atoms with Gasteiger partial charge in [-0.3, -0.25) is 0 Å². The number of allylic oxidation sites excluding steroid dienone is 3. The van der Waals surface area contributed by atoms with Crippen LogP contribution in [-0.2, 0) is 0 Å². The van der Waals surface area contributed by atoms with Crippen molar-refractivity contribution in [3.63, 3.8) is 0 Å². The normalized spacial score (nSPS) is 11.5. The molecule has 0 saturated heterocycles. The minimum Gasteiger partial charge on any atom is -0.330 e. The predicted molar refractivity (Wildman–Crippen MR) is 176 cm³/mol. The Balaban J connectivity index is 0.000000593. The first-order chi connectivity index (χ1) is 18.7. The van der Waals surface area contributed by atoms with Crippen molar-refractivity contribution < 1.29 is 0 Å². The summed E-state index contributed by atoms with van der Waals surface area (Å²) in [6, 6.07) is 18.2. The van der Waals surface area contributed by atoms with Gasteiger partial charge in [0.1, 0.15) is 0 Å². The number of nitrogens with zero attached hydrogens (tertiary/aromatic N) is 1. The molecule has 0 radical (unpaired) electrons. The van der Waals surface area contributed by atoms with Gasteiger partial charge >= 0.3 is 0 Å². The molecule has 0 aliphatic heterocycles. The van der Waals surface area contributed by atoms with Crippen LogP contribution >= 0.6 is 0 Å². The second-order valence-corrected chi connectivity index (χ2v) is 10.8. The maximum Gasteiger partial charge on any atom is 0.0998 e. The highest BCUT2D eigenvalue weighted by Crippen LogP contribution is 2.26. The van der Waals surface area contributed by atoms with E-state index in [4.69, 9.17) is 11.0 Å². The third kappa shape index (κ3) is 17.3. The molecule has 0 spiro atoms. The largest absolute Gasteiger partial charge is 0.330 e. The molecule has 0 bridgehead atoms. The summed E-state index contributed by atoms with van der Waals surface area (Å²) in [5, 5.41) is 9.13. The van der Waals surface area contributed by atoms with Crippen LogP contribution < -0.4 is 5.73 Å². The summed E-state index contributed by atoms with van der Waals surface area (Å²) in [5.41, 5.74) is 13.0. The fraction of sp³-hybridized carbons (Fsp3) is 0.486. The maximum absolute atomic E-state index is 9.13. The summed E-state index contributed by atoms with van der Waals surface area (Å²) >= 11 is 0. The molecule has 0 aromatic heterocycles. The summed E-state index contributed by atoms with van der Waals surface area (Å²) < 4.78 is 0. The van der Waals surface area contributed by atoms with Crippen LogP contribution in [0.25, 0.3) is 16.7 Å². The number of benzene rings is 2. The van der Waals surface area contributed by atoms with Gasteiger partial charge in [-0.15, -0.1) is 6.58 Å². The average Bonchev–Trinajstić information content (AvgIpc) is 3.53. The monoisotopic (exact) mass is 528 g/mol. The van der Waals surface area contributed by atoms with Crippen LogP contribution in [0.4, 0.5) is 0 Å². The fourth-order valence-corrected chi connectivity index (χ4v) is 4.06. The Morgan fingerprint density at radius 2 is 1.38 bits per heavy atom. The summed E-state index contributed by atoms with van der Waals surface area (Å²) in [7, 11) is 0. The number of hydrogen-bond acceptors (Lipinski definition) is 2. The molecule has 2 heteroatoms. The van der Waals surface area contributed by atoms with Crippen molar-refractivity contribution in [2.75, 3.05) is 6.54 Å². The van der Waals surface area contributed by atoms with E-state index in [9.17, 15) is 0 Å². The molecular formula is C37H56N2. The molecule has 3 rings (SSSR count). The van der Waals surface area contributed by atoms with Crippen molar-refractivity contribution in [2.24, 2.45) is 11.7 Å². The lowest BCUT2D eigenvalue weighted by Crippen LogP contribution is -1.97. The highest BCUT2D eigenvalue weighted by Gasteiger charge is 2.04. The van der Waals surface area contributed by atoms with Gasteiger partial charge in [-0.05, 0) is 73.4 Å². The van der Waals surface area contributed by atoms with E-state index in [1.165, 1.54) is 67.2 Å². The molecule has 1 fully saturated rings. The molecular weight excluding hydrogens is 472 g/mol. The Kier molecular flexibility index (Phi) is 21.3. The van der Waals surface area contributed by atoms with E-state index < -0.39 is 0 Å². The number of hydrogen-bond donors (Lipinski definition) is 1. The Morgan fingerprint density at radius 1 is 0.846 bits per heavy atom. The smallest absolute Gasteiger partial charge is 0.0998 e. The molecule has 0 unspecified atom stereocenters. The van der Waals surface area contributed by atoms with E-state index in [0.717, 1.165) is 43.4 Å². The van der Waals surface area contributed by atoms with E-state index in [1.54, 1.807) is 0 Å². The molecule has 214 valence electrons. The number of nitriles is 1. The molecule has 1 saturated carbocycles. The number of rotatable bonds is 10. The molecule has 2 aromatic rings. The molecule has 39 heavy (non-hydrogen) atoms.